The summed E-state index contributed by atoms with van der Waals surface area (Å²) < 4.78 is 5.68. The van der Waals surface area contributed by atoms with Crippen molar-refractivity contribution in [3.63, 3.8) is 0 Å². The minimum atomic E-state index is -0.167. The second-order valence-electron chi connectivity index (χ2n) is 4.71. The highest BCUT2D eigenvalue weighted by Gasteiger charge is 2.13. The number of amides is 1. The van der Waals surface area contributed by atoms with Gasteiger partial charge in [-0.15, -0.1) is 0 Å². The molecular weight excluding hydrogens is 242 g/mol. The molecule has 1 unspecified atom stereocenters. The summed E-state index contributed by atoms with van der Waals surface area (Å²) in [5, 5.41) is 5.88. The summed E-state index contributed by atoms with van der Waals surface area (Å²) in [6.45, 7) is 1.74. The number of ether oxygens (including phenoxy) is 1. The highest BCUT2D eigenvalue weighted by atomic mass is 16.5. The third kappa shape index (κ3) is 4.21. The van der Waals surface area contributed by atoms with Gasteiger partial charge in [0.15, 0.2) is 0 Å². The van der Waals surface area contributed by atoms with Gasteiger partial charge in [-0.05, 0) is 37.8 Å². The molecule has 5 heteroatoms. The molecule has 1 aliphatic rings. The van der Waals surface area contributed by atoms with E-state index in [1.807, 2.05) is 6.07 Å². The number of rotatable bonds is 5. The predicted octanol–water partition coefficient (Wildman–Crippen LogP) is 1.81. The van der Waals surface area contributed by atoms with Crippen LogP contribution >= 0.6 is 0 Å². The van der Waals surface area contributed by atoms with Crippen LogP contribution in [0.25, 0.3) is 0 Å². The van der Waals surface area contributed by atoms with Gasteiger partial charge >= 0.3 is 0 Å². The van der Waals surface area contributed by atoms with E-state index in [0.29, 0.717) is 11.8 Å². The second-order valence-corrected chi connectivity index (χ2v) is 4.71. The van der Waals surface area contributed by atoms with E-state index in [0.717, 1.165) is 31.7 Å². The number of nitrogens with one attached hydrogen (secondary N) is 2. The fraction of sp³-hybridized carbons (Fsp3) is 0.571. The Labute approximate surface area is 113 Å². The van der Waals surface area contributed by atoms with Crippen LogP contribution in [0.3, 0.4) is 0 Å². The van der Waals surface area contributed by atoms with Crippen molar-refractivity contribution in [1.29, 1.82) is 0 Å². The number of carbonyl (C=O) groups is 1. The Morgan fingerprint density at radius 3 is 3.16 bits per heavy atom. The summed E-state index contributed by atoms with van der Waals surface area (Å²) in [6, 6.07) is 3.63. The smallest absolute Gasteiger partial charge is 0.269 e. The standard InChI is InChI=1S/C14H21N3O2/c1-15-14(18)13-10-11(5-7-17-13)16-8-6-12-4-2-3-9-19-12/h5,7,10,12H,2-4,6,8-9H2,1H3,(H,15,18)(H,16,17). The van der Waals surface area contributed by atoms with Crippen LogP contribution < -0.4 is 10.6 Å². The van der Waals surface area contributed by atoms with E-state index in [1.54, 1.807) is 19.3 Å². The van der Waals surface area contributed by atoms with Gasteiger partial charge < -0.3 is 15.4 Å². The van der Waals surface area contributed by atoms with Gasteiger partial charge in [-0.25, -0.2) is 0 Å². The molecule has 1 fully saturated rings. The quantitative estimate of drug-likeness (QED) is 0.850. The Balaban J connectivity index is 1.80. The van der Waals surface area contributed by atoms with Crippen molar-refractivity contribution in [2.75, 3.05) is 25.5 Å². The van der Waals surface area contributed by atoms with E-state index in [-0.39, 0.29) is 5.91 Å². The van der Waals surface area contributed by atoms with E-state index < -0.39 is 0 Å². The number of aromatic nitrogens is 1. The molecule has 1 amide bonds. The molecule has 5 nitrogen and oxygen atoms in total. The Hall–Kier alpha value is -1.62. The number of carbonyl (C=O) groups excluding carboxylic acids is 1. The lowest BCUT2D eigenvalue weighted by molar-refractivity contribution is 0.0134. The van der Waals surface area contributed by atoms with Crippen LogP contribution in [0.15, 0.2) is 18.3 Å². The summed E-state index contributed by atoms with van der Waals surface area (Å²) in [7, 11) is 1.60. The van der Waals surface area contributed by atoms with Crippen LogP contribution in [0.1, 0.15) is 36.2 Å². The van der Waals surface area contributed by atoms with Crippen LogP contribution in [0.2, 0.25) is 0 Å². The number of anilines is 1. The van der Waals surface area contributed by atoms with Crippen LogP contribution in [-0.2, 0) is 4.74 Å². The molecule has 1 aromatic rings. The third-order valence-electron chi connectivity index (χ3n) is 3.29. The number of hydrogen-bond donors (Lipinski definition) is 2. The molecule has 2 rings (SSSR count). The maximum absolute atomic E-state index is 11.5. The van der Waals surface area contributed by atoms with Crippen molar-refractivity contribution in [3.8, 4) is 0 Å². The molecule has 19 heavy (non-hydrogen) atoms. The fourth-order valence-electron chi connectivity index (χ4n) is 2.21. The van der Waals surface area contributed by atoms with Gasteiger partial charge in [0.2, 0.25) is 0 Å². The first-order valence-corrected chi connectivity index (χ1v) is 6.83. The molecule has 1 atom stereocenters. The summed E-state index contributed by atoms with van der Waals surface area (Å²) >= 11 is 0. The van der Waals surface area contributed by atoms with Crippen molar-refractivity contribution in [2.24, 2.45) is 0 Å². The van der Waals surface area contributed by atoms with Crippen LogP contribution in [0, 0.1) is 0 Å². The van der Waals surface area contributed by atoms with Gasteiger partial charge in [-0.2, -0.15) is 0 Å². The van der Waals surface area contributed by atoms with Crippen molar-refractivity contribution in [2.45, 2.75) is 31.8 Å². The Morgan fingerprint density at radius 2 is 2.42 bits per heavy atom. The molecule has 2 N–H and O–H groups in total. The van der Waals surface area contributed by atoms with Crippen molar-refractivity contribution >= 4 is 11.6 Å². The summed E-state index contributed by atoms with van der Waals surface area (Å²) in [6.07, 6.45) is 6.62. The first-order chi connectivity index (χ1) is 9.29. The second kappa shape index (κ2) is 7.09. The normalized spacial score (nSPS) is 18.9. The molecule has 0 radical (unpaired) electrons. The minimum absolute atomic E-state index is 0.167. The largest absolute Gasteiger partial charge is 0.385 e. The lowest BCUT2D eigenvalue weighted by atomic mass is 10.1. The van der Waals surface area contributed by atoms with E-state index >= 15 is 0 Å². The molecule has 0 spiro atoms. The van der Waals surface area contributed by atoms with Gasteiger partial charge in [0.1, 0.15) is 5.69 Å². The van der Waals surface area contributed by atoms with Crippen LogP contribution in [0.5, 0.6) is 0 Å². The lowest BCUT2D eigenvalue weighted by Crippen LogP contribution is -2.22. The molecular formula is C14H21N3O2. The molecule has 1 saturated heterocycles. The van der Waals surface area contributed by atoms with Gasteiger partial charge in [-0.3, -0.25) is 9.78 Å². The van der Waals surface area contributed by atoms with E-state index in [1.165, 1.54) is 12.8 Å². The molecule has 0 bridgehead atoms. The highest BCUT2D eigenvalue weighted by Crippen LogP contribution is 2.16. The Kier molecular flexibility index (Phi) is 5.15. The van der Waals surface area contributed by atoms with Crippen molar-refractivity contribution < 1.29 is 9.53 Å². The van der Waals surface area contributed by atoms with Gasteiger partial charge in [-0.1, -0.05) is 0 Å². The first kappa shape index (κ1) is 13.8. The zero-order valence-electron chi connectivity index (χ0n) is 11.3. The Bertz CT molecular complexity index is 417. The number of pyridine rings is 1. The summed E-state index contributed by atoms with van der Waals surface area (Å²) in [5.41, 5.74) is 1.35. The maximum atomic E-state index is 11.5. The van der Waals surface area contributed by atoms with Gasteiger partial charge in [0.05, 0.1) is 6.10 Å². The topological polar surface area (TPSA) is 63.2 Å². The lowest BCUT2D eigenvalue weighted by Gasteiger charge is -2.22. The zero-order valence-corrected chi connectivity index (χ0v) is 11.3. The molecule has 104 valence electrons. The van der Waals surface area contributed by atoms with Gasteiger partial charge in [0, 0.05) is 32.1 Å². The average Bonchev–Trinajstić information content (AvgIpc) is 2.48. The first-order valence-electron chi connectivity index (χ1n) is 6.83. The van der Waals surface area contributed by atoms with Crippen LogP contribution in [-0.4, -0.2) is 37.2 Å². The predicted molar refractivity (Wildman–Crippen MR) is 74.3 cm³/mol. The van der Waals surface area contributed by atoms with E-state index in [2.05, 4.69) is 15.6 Å². The molecule has 1 aliphatic heterocycles. The van der Waals surface area contributed by atoms with Crippen molar-refractivity contribution in [1.82, 2.24) is 10.3 Å². The Morgan fingerprint density at radius 1 is 1.53 bits per heavy atom. The third-order valence-corrected chi connectivity index (χ3v) is 3.29. The number of nitrogens with zero attached hydrogens (tertiary/aromatic N) is 1. The minimum Gasteiger partial charge on any atom is -0.385 e. The average molecular weight is 263 g/mol. The molecule has 0 aliphatic carbocycles. The van der Waals surface area contributed by atoms with Crippen molar-refractivity contribution in [3.05, 3.63) is 24.0 Å². The van der Waals surface area contributed by atoms with Gasteiger partial charge in [0.25, 0.3) is 5.91 Å². The SMILES string of the molecule is CNC(=O)c1cc(NCCC2CCCCO2)ccn1. The molecule has 0 saturated carbocycles. The number of hydrogen-bond acceptors (Lipinski definition) is 4. The summed E-state index contributed by atoms with van der Waals surface area (Å²) in [5.74, 6) is -0.167. The monoisotopic (exact) mass is 263 g/mol. The summed E-state index contributed by atoms with van der Waals surface area (Å²) in [4.78, 5) is 15.5. The molecule has 1 aromatic heterocycles. The fourth-order valence-corrected chi connectivity index (χ4v) is 2.21. The highest BCUT2D eigenvalue weighted by molar-refractivity contribution is 5.92. The van der Waals surface area contributed by atoms with E-state index in [9.17, 15) is 4.79 Å². The van der Waals surface area contributed by atoms with Crippen LogP contribution in [0.4, 0.5) is 5.69 Å². The zero-order chi connectivity index (χ0) is 13.5. The maximum Gasteiger partial charge on any atom is 0.269 e. The van der Waals surface area contributed by atoms with E-state index in [4.69, 9.17) is 4.74 Å². The molecule has 2 heterocycles. The molecule has 0 aromatic carbocycles.